The molecule has 1 aromatic carbocycles. The standard InChI is InChI=1S/C16H19F2N3O4/c1-9(8-25-3)19-13(22)7-21-14(23)16(2,20-15(21)24)10-4-5-11(17)12(18)6-10/h4-6,9H,7-8H2,1-3H3,(H,19,22)(H,20,24)/t9-,16-/m1/s1. The molecule has 1 heterocycles. The van der Waals surface area contributed by atoms with Gasteiger partial charge in [0.25, 0.3) is 5.91 Å². The Morgan fingerprint density at radius 3 is 2.64 bits per heavy atom. The zero-order valence-electron chi connectivity index (χ0n) is 14.1. The second-order valence-electron chi connectivity index (χ2n) is 6.00. The number of carbonyl (C=O) groups excluding carboxylic acids is 3. The molecule has 25 heavy (non-hydrogen) atoms. The Balaban J connectivity index is 2.16. The van der Waals surface area contributed by atoms with Gasteiger partial charge in [0, 0.05) is 13.2 Å². The predicted octanol–water partition coefficient (Wildman–Crippen LogP) is 0.883. The number of imide groups is 1. The molecule has 0 unspecified atom stereocenters. The minimum Gasteiger partial charge on any atom is -0.383 e. The number of benzene rings is 1. The summed E-state index contributed by atoms with van der Waals surface area (Å²) >= 11 is 0. The van der Waals surface area contributed by atoms with E-state index in [-0.39, 0.29) is 18.2 Å². The summed E-state index contributed by atoms with van der Waals surface area (Å²) in [5.41, 5.74) is -1.50. The summed E-state index contributed by atoms with van der Waals surface area (Å²) in [6, 6.07) is 1.85. The van der Waals surface area contributed by atoms with Crippen LogP contribution in [0.5, 0.6) is 0 Å². The summed E-state index contributed by atoms with van der Waals surface area (Å²) in [5, 5.41) is 5.01. The monoisotopic (exact) mass is 355 g/mol. The summed E-state index contributed by atoms with van der Waals surface area (Å²) in [4.78, 5) is 37.4. The molecule has 0 bridgehead atoms. The van der Waals surface area contributed by atoms with E-state index in [4.69, 9.17) is 4.74 Å². The minimum absolute atomic E-state index is 0.0837. The third kappa shape index (κ3) is 3.76. The van der Waals surface area contributed by atoms with Crippen molar-refractivity contribution < 1.29 is 27.9 Å². The third-order valence-electron chi connectivity index (χ3n) is 3.90. The normalized spacial score (nSPS) is 21.2. The van der Waals surface area contributed by atoms with Gasteiger partial charge in [-0.3, -0.25) is 14.5 Å². The van der Waals surface area contributed by atoms with Crippen LogP contribution in [-0.4, -0.2) is 49.0 Å². The van der Waals surface area contributed by atoms with Crippen molar-refractivity contribution in [2.45, 2.75) is 25.4 Å². The van der Waals surface area contributed by atoms with Crippen molar-refractivity contribution >= 4 is 17.8 Å². The summed E-state index contributed by atoms with van der Waals surface area (Å²) < 4.78 is 31.4. The number of nitrogens with zero attached hydrogens (tertiary/aromatic N) is 1. The Morgan fingerprint density at radius 1 is 1.36 bits per heavy atom. The molecule has 0 radical (unpaired) electrons. The number of halogens is 2. The molecule has 1 aliphatic rings. The van der Waals surface area contributed by atoms with Crippen molar-refractivity contribution in [3.05, 3.63) is 35.4 Å². The lowest BCUT2D eigenvalue weighted by Gasteiger charge is -2.22. The number of hydrogen-bond donors (Lipinski definition) is 2. The molecule has 9 heteroatoms. The molecule has 7 nitrogen and oxygen atoms in total. The third-order valence-corrected chi connectivity index (χ3v) is 3.90. The maximum atomic E-state index is 13.5. The van der Waals surface area contributed by atoms with Gasteiger partial charge in [-0.1, -0.05) is 6.07 Å². The summed E-state index contributed by atoms with van der Waals surface area (Å²) in [5.74, 6) is -3.46. The first kappa shape index (κ1) is 18.8. The fraction of sp³-hybridized carbons (Fsp3) is 0.438. The SMILES string of the molecule is COC[C@@H](C)NC(=O)CN1C(=O)N[C@](C)(c2ccc(F)c(F)c2)C1=O. The number of hydrogen-bond acceptors (Lipinski definition) is 4. The Bertz CT molecular complexity index is 713. The molecule has 2 rings (SSSR count). The van der Waals surface area contributed by atoms with Crippen LogP contribution in [0.4, 0.5) is 13.6 Å². The van der Waals surface area contributed by atoms with Gasteiger partial charge in [-0.2, -0.15) is 0 Å². The highest BCUT2D eigenvalue weighted by atomic mass is 19.2. The van der Waals surface area contributed by atoms with E-state index in [1.165, 1.54) is 20.1 Å². The van der Waals surface area contributed by atoms with Gasteiger partial charge in [0.15, 0.2) is 11.6 Å². The maximum Gasteiger partial charge on any atom is 0.325 e. The molecule has 1 saturated heterocycles. The van der Waals surface area contributed by atoms with E-state index in [1.807, 2.05) is 0 Å². The first-order chi connectivity index (χ1) is 11.7. The summed E-state index contributed by atoms with van der Waals surface area (Å²) in [7, 11) is 1.48. The second-order valence-corrected chi connectivity index (χ2v) is 6.00. The quantitative estimate of drug-likeness (QED) is 0.742. The van der Waals surface area contributed by atoms with Crippen molar-refractivity contribution in [1.29, 1.82) is 0 Å². The molecular weight excluding hydrogens is 336 g/mol. The van der Waals surface area contributed by atoms with Gasteiger partial charge in [0.1, 0.15) is 12.1 Å². The first-order valence-electron chi connectivity index (χ1n) is 7.57. The number of nitrogens with one attached hydrogen (secondary N) is 2. The Hall–Kier alpha value is -2.55. The van der Waals surface area contributed by atoms with E-state index in [9.17, 15) is 23.2 Å². The van der Waals surface area contributed by atoms with E-state index < -0.39 is 41.6 Å². The molecule has 1 aliphatic heterocycles. The van der Waals surface area contributed by atoms with Gasteiger partial charge in [-0.25, -0.2) is 13.6 Å². The molecule has 2 atom stereocenters. The smallest absolute Gasteiger partial charge is 0.325 e. The van der Waals surface area contributed by atoms with Crippen molar-refractivity contribution in [2.24, 2.45) is 0 Å². The highest BCUT2D eigenvalue weighted by molar-refractivity contribution is 6.09. The molecule has 1 fully saturated rings. The fourth-order valence-electron chi connectivity index (χ4n) is 2.60. The van der Waals surface area contributed by atoms with Crippen LogP contribution in [0.1, 0.15) is 19.4 Å². The summed E-state index contributed by atoms with van der Waals surface area (Å²) in [6.07, 6.45) is 0. The Kier molecular flexibility index (Phi) is 5.36. The average Bonchev–Trinajstić information content (AvgIpc) is 2.74. The molecular formula is C16H19F2N3O4. The summed E-state index contributed by atoms with van der Waals surface area (Å²) in [6.45, 7) is 2.86. The molecule has 1 aromatic rings. The molecule has 136 valence electrons. The van der Waals surface area contributed by atoms with Gasteiger partial charge in [-0.15, -0.1) is 0 Å². The highest BCUT2D eigenvalue weighted by Gasteiger charge is 2.49. The van der Waals surface area contributed by atoms with E-state index in [0.717, 1.165) is 17.0 Å². The van der Waals surface area contributed by atoms with Crippen LogP contribution in [-0.2, 0) is 19.9 Å². The lowest BCUT2D eigenvalue weighted by Crippen LogP contribution is -2.45. The Morgan fingerprint density at radius 2 is 2.04 bits per heavy atom. The topological polar surface area (TPSA) is 87.7 Å². The van der Waals surface area contributed by atoms with Gasteiger partial charge < -0.3 is 15.4 Å². The van der Waals surface area contributed by atoms with E-state index in [2.05, 4.69) is 10.6 Å². The Labute approximate surface area is 143 Å². The molecule has 4 amide bonds. The fourth-order valence-corrected chi connectivity index (χ4v) is 2.60. The molecule has 2 N–H and O–H groups in total. The molecule has 0 saturated carbocycles. The number of carbonyl (C=O) groups is 3. The van der Waals surface area contributed by atoms with Crippen LogP contribution >= 0.6 is 0 Å². The predicted molar refractivity (Wildman–Crippen MR) is 83.4 cm³/mol. The largest absolute Gasteiger partial charge is 0.383 e. The van der Waals surface area contributed by atoms with Crippen LogP contribution < -0.4 is 10.6 Å². The van der Waals surface area contributed by atoms with Gasteiger partial charge in [-0.05, 0) is 31.5 Å². The lowest BCUT2D eigenvalue weighted by molar-refractivity contribution is -0.135. The van der Waals surface area contributed by atoms with Crippen molar-refractivity contribution in [3.63, 3.8) is 0 Å². The van der Waals surface area contributed by atoms with Crippen LogP contribution in [0.2, 0.25) is 0 Å². The molecule has 0 aromatic heterocycles. The number of ether oxygens (including phenoxy) is 1. The highest BCUT2D eigenvalue weighted by Crippen LogP contribution is 2.29. The zero-order valence-corrected chi connectivity index (χ0v) is 14.1. The van der Waals surface area contributed by atoms with E-state index in [0.29, 0.717) is 0 Å². The second kappa shape index (κ2) is 7.14. The van der Waals surface area contributed by atoms with Crippen LogP contribution in [0, 0.1) is 11.6 Å². The minimum atomic E-state index is -1.58. The van der Waals surface area contributed by atoms with E-state index >= 15 is 0 Å². The number of amides is 4. The van der Waals surface area contributed by atoms with Gasteiger partial charge in [0.2, 0.25) is 5.91 Å². The van der Waals surface area contributed by atoms with Crippen molar-refractivity contribution in [3.8, 4) is 0 Å². The van der Waals surface area contributed by atoms with Crippen LogP contribution in [0.15, 0.2) is 18.2 Å². The molecule has 0 spiro atoms. The maximum absolute atomic E-state index is 13.5. The van der Waals surface area contributed by atoms with Crippen molar-refractivity contribution in [1.82, 2.24) is 15.5 Å². The van der Waals surface area contributed by atoms with Gasteiger partial charge >= 0.3 is 6.03 Å². The van der Waals surface area contributed by atoms with Crippen LogP contribution in [0.3, 0.4) is 0 Å². The van der Waals surface area contributed by atoms with Crippen molar-refractivity contribution in [2.75, 3.05) is 20.3 Å². The number of urea groups is 1. The first-order valence-corrected chi connectivity index (χ1v) is 7.57. The zero-order chi connectivity index (χ0) is 18.8. The van der Waals surface area contributed by atoms with E-state index in [1.54, 1.807) is 6.92 Å². The number of rotatable bonds is 6. The average molecular weight is 355 g/mol. The van der Waals surface area contributed by atoms with Gasteiger partial charge in [0.05, 0.1) is 6.61 Å². The lowest BCUT2D eigenvalue weighted by atomic mass is 9.92. The molecule has 0 aliphatic carbocycles. The number of methoxy groups -OCH3 is 1. The van der Waals surface area contributed by atoms with Crippen LogP contribution in [0.25, 0.3) is 0 Å².